The molecule has 4 heteroatoms. The number of benzene rings is 2. The molecule has 0 radical (unpaired) electrons. The molecule has 0 bridgehead atoms. The van der Waals surface area contributed by atoms with Crippen LogP contribution in [0.1, 0.15) is 0 Å². The minimum Gasteiger partial charge on any atom is -0.343 e. The van der Waals surface area contributed by atoms with E-state index < -0.39 is 0 Å². The molecule has 2 aromatic carbocycles. The third-order valence-corrected chi connectivity index (χ3v) is 3.67. The number of hydrogen-bond acceptors (Lipinski definition) is 3. The van der Waals surface area contributed by atoms with Gasteiger partial charge in [-0.3, -0.25) is 9.97 Å². The summed E-state index contributed by atoms with van der Waals surface area (Å²) in [6.45, 7) is 0. The molecule has 23 heavy (non-hydrogen) atoms. The van der Waals surface area contributed by atoms with Gasteiger partial charge in [0.1, 0.15) is 5.69 Å². The molecule has 0 saturated heterocycles. The van der Waals surface area contributed by atoms with E-state index in [1.54, 1.807) is 18.7 Å². The maximum Gasteiger partial charge on any atom is 0.115 e. The van der Waals surface area contributed by atoms with Crippen molar-refractivity contribution in [3.8, 4) is 33.9 Å². The van der Waals surface area contributed by atoms with Gasteiger partial charge in [-0.15, -0.1) is 0 Å². The molecule has 1 N–H and O–H groups in total. The molecule has 4 rings (SSSR count). The van der Waals surface area contributed by atoms with E-state index in [1.165, 1.54) is 0 Å². The van der Waals surface area contributed by atoms with Crippen molar-refractivity contribution in [3.63, 3.8) is 0 Å². The Morgan fingerprint density at radius 2 is 1.13 bits per heavy atom. The number of rotatable bonds is 3. The van der Waals surface area contributed by atoms with E-state index >= 15 is 0 Å². The van der Waals surface area contributed by atoms with Crippen LogP contribution in [0.4, 0.5) is 0 Å². The minimum absolute atomic E-state index is 0.801. The summed E-state index contributed by atoms with van der Waals surface area (Å²) in [5.74, 6) is 0. The molecule has 0 amide bonds. The van der Waals surface area contributed by atoms with Crippen molar-refractivity contribution in [1.29, 1.82) is 0 Å². The molecule has 0 atom stereocenters. The molecule has 4 aromatic rings. The van der Waals surface area contributed by atoms with Crippen LogP contribution in [0.25, 0.3) is 33.9 Å². The number of H-pyrrole nitrogens is 1. The highest BCUT2D eigenvalue weighted by atomic mass is 14.9. The molecule has 2 heterocycles. The van der Waals surface area contributed by atoms with Gasteiger partial charge in [-0.05, 0) is 0 Å². The van der Waals surface area contributed by atoms with Crippen LogP contribution in [0, 0.1) is 0 Å². The Hall–Kier alpha value is -3.27. The van der Waals surface area contributed by atoms with Crippen molar-refractivity contribution in [2.75, 3.05) is 0 Å². The Morgan fingerprint density at radius 1 is 0.565 bits per heavy atom. The minimum atomic E-state index is 0.801. The number of hydrogen-bond donors (Lipinski definition) is 1. The van der Waals surface area contributed by atoms with Crippen LogP contribution >= 0.6 is 0 Å². The molecule has 0 fully saturated rings. The predicted molar refractivity (Wildman–Crippen MR) is 90.5 cm³/mol. The fourth-order valence-corrected chi connectivity index (χ4v) is 2.62. The summed E-state index contributed by atoms with van der Waals surface area (Å²) in [5, 5.41) is 0. The van der Waals surface area contributed by atoms with E-state index in [0.29, 0.717) is 0 Å². The van der Waals surface area contributed by atoms with Crippen molar-refractivity contribution < 1.29 is 0 Å². The molecule has 0 aliphatic carbocycles. The van der Waals surface area contributed by atoms with Crippen molar-refractivity contribution in [2.45, 2.75) is 0 Å². The summed E-state index contributed by atoms with van der Waals surface area (Å²) in [7, 11) is 0. The zero-order chi connectivity index (χ0) is 15.5. The van der Waals surface area contributed by atoms with Gasteiger partial charge in [0.25, 0.3) is 0 Å². The largest absolute Gasteiger partial charge is 0.343 e. The number of nitrogens with zero attached hydrogens (tertiary/aromatic N) is 3. The molecule has 110 valence electrons. The smallest absolute Gasteiger partial charge is 0.115 e. The van der Waals surface area contributed by atoms with Crippen molar-refractivity contribution in [2.24, 2.45) is 0 Å². The summed E-state index contributed by atoms with van der Waals surface area (Å²) in [6.07, 6.45) is 5.11. The lowest BCUT2D eigenvalue weighted by molar-refractivity contribution is 1.19. The lowest BCUT2D eigenvalue weighted by Gasteiger charge is -2.08. The lowest BCUT2D eigenvalue weighted by Crippen LogP contribution is -1.94. The second kappa shape index (κ2) is 5.85. The highest BCUT2D eigenvalue weighted by Gasteiger charge is 2.16. The van der Waals surface area contributed by atoms with Gasteiger partial charge in [0.2, 0.25) is 0 Å². The summed E-state index contributed by atoms with van der Waals surface area (Å²) in [5.41, 5.74) is 5.48. The molecular weight excluding hydrogens is 284 g/mol. The van der Waals surface area contributed by atoms with Crippen LogP contribution in [0.15, 0.2) is 79.4 Å². The first-order valence-electron chi connectivity index (χ1n) is 7.39. The number of nitrogens with one attached hydrogen (secondary N) is 1. The van der Waals surface area contributed by atoms with Gasteiger partial charge in [-0.2, -0.15) is 0 Å². The lowest BCUT2D eigenvalue weighted by atomic mass is 10.0. The molecule has 0 aliphatic heterocycles. The zero-order valence-electron chi connectivity index (χ0n) is 12.3. The summed E-state index contributed by atoms with van der Waals surface area (Å²) >= 11 is 0. The van der Waals surface area contributed by atoms with E-state index in [9.17, 15) is 0 Å². The Morgan fingerprint density at radius 3 is 1.78 bits per heavy atom. The van der Waals surface area contributed by atoms with Crippen LogP contribution in [-0.4, -0.2) is 19.9 Å². The van der Waals surface area contributed by atoms with E-state index in [2.05, 4.69) is 19.9 Å². The number of aromatic nitrogens is 4. The third-order valence-electron chi connectivity index (χ3n) is 3.67. The third kappa shape index (κ3) is 2.51. The quantitative estimate of drug-likeness (QED) is 0.616. The van der Waals surface area contributed by atoms with Crippen LogP contribution in [-0.2, 0) is 0 Å². The Labute approximate surface area is 133 Å². The molecule has 0 aliphatic rings. The molecule has 0 unspecified atom stereocenters. The van der Waals surface area contributed by atoms with Crippen molar-refractivity contribution >= 4 is 0 Å². The average Bonchev–Trinajstić information content (AvgIpc) is 3.13. The maximum absolute atomic E-state index is 4.55. The second-order valence-electron chi connectivity index (χ2n) is 5.11. The van der Waals surface area contributed by atoms with Crippen LogP contribution in [0.3, 0.4) is 0 Å². The van der Waals surface area contributed by atoms with Crippen molar-refractivity contribution in [1.82, 2.24) is 19.9 Å². The predicted octanol–water partition coefficient (Wildman–Crippen LogP) is 4.20. The molecular formula is C19H14N4. The van der Waals surface area contributed by atoms with Gasteiger partial charge in [0, 0.05) is 23.5 Å². The summed E-state index contributed by atoms with van der Waals surface area (Å²) in [4.78, 5) is 16.8. The summed E-state index contributed by atoms with van der Waals surface area (Å²) in [6, 6.07) is 20.1. The van der Waals surface area contributed by atoms with Gasteiger partial charge >= 0.3 is 0 Å². The first-order valence-corrected chi connectivity index (χ1v) is 7.39. The van der Waals surface area contributed by atoms with E-state index in [4.69, 9.17) is 0 Å². The van der Waals surface area contributed by atoms with E-state index in [1.807, 2.05) is 60.7 Å². The topological polar surface area (TPSA) is 54.5 Å². The Kier molecular flexibility index (Phi) is 3.41. The second-order valence-corrected chi connectivity index (χ2v) is 5.11. The Bertz CT molecular complexity index is 914. The first kappa shape index (κ1) is 13.4. The zero-order valence-corrected chi connectivity index (χ0v) is 12.3. The fraction of sp³-hybridized carbons (Fsp3) is 0. The van der Waals surface area contributed by atoms with Gasteiger partial charge in [0.15, 0.2) is 0 Å². The standard InChI is InChI=1S/C19H14N4/c1-3-7-14(8-4-1)16-18(21-12-11-20-16)19-17(22-13-23-19)15-9-5-2-6-10-15/h1-13H,(H,22,23). The van der Waals surface area contributed by atoms with E-state index in [0.717, 1.165) is 33.9 Å². The average molecular weight is 298 g/mol. The first-order chi connectivity index (χ1) is 11.4. The molecule has 2 aromatic heterocycles. The molecule has 0 saturated carbocycles. The normalized spacial score (nSPS) is 10.6. The fourth-order valence-electron chi connectivity index (χ4n) is 2.62. The highest BCUT2D eigenvalue weighted by Crippen LogP contribution is 2.32. The Balaban J connectivity index is 1.90. The highest BCUT2D eigenvalue weighted by molar-refractivity contribution is 5.84. The van der Waals surface area contributed by atoms with Gasteiger partial charge in [-0.1, -0.05) is 60.7 Å². The van der Waals surface area contributed by atoms with Crippen LogP contribution in [0.5, 0.6) is 0 Å². The maximum atomic E-state index is 4.55. The molecule has 0 spiro atoms. The van der Waals surface area contributed by atoms with Gasteiger partial charge in [-0.25, -0.2) is 4.98 Å². The van der Waals surface area contributed by atoms with E-state index in [-0.39, 0.29) is 0 Å². The number of aromatic amines is 1. The molecule has 4 nitrogen and oxygen atoms in total. The monoisotopic (exact) mass is 298 g/mol. The van der Waals surface area contributed by atoms with Gasteiger partial charge < -0.3 is 4.98 Å². The van der Waals surface area contributed by atoms with Gasteiger partial charge in [0.05, 0.1) is 23.4 Å². The van der Waals surface area contributed by atoms with Crippen LogP contribution in [0.2, 0.25) is 0 Å². The SMILES string of the molecule is c1ccc(-c2nccnc2-c2[nH]cnc2-c2ccccc2)cc1. The van der Waals surface area contributed by atoms with Crippen molar-refractivity contribution in [3.05, 3.63) is 79.4 Å². The van der Waals surface area contributed by atoms with Crippen LogP contribution < -0.4 is 0 Å². The summed E-state index contributed by atoms with van der Waals surface area (Å²) < 4.78 is 0. The number of imidazole rings is 1.